The summed E-state index contributed by atoms with van der Waals surface area (Å²) in [4.78, 5) is 31.9. The minimum absolute atomic E-state index is 0.153. The Morgan fingerprint density at radius 3 is 2.73 bits per heavy atom. The summed E-state index contributed by atoms with van der Waals surface area (Å²) in [5.74, 6) is -1.32. The van der Waals surface area contributed by atoms with Crippen LogP contribution in [0.2, 0.25) is 0 Å². The Balaban J connectivity index is 1.56. The molecule has 1 unspecified atom stereocenters. The van der Waals surface area contributed by atoms with Crippen LogP contribution in [0, 0.1) is 23.6 Å². The third-order valence-electron chi connectivity index (χ3n) is 6.82. The average molecular weight is 410 g/mol. The second-order valence-corrected chi connectivity index (χ2v) is 8.52. The van der Waals surface area contributed by atoms with E-state index in [2.05, 4.69) is 15.3 Å². The number of aromatic nitrogens is 3. The topological polar surface area (TPSA) is 100 Å². The summed E-state index contributed by atoms with van der Waals surface area (Å²) >= 11 is 0. The molecule has 0 amide bonds. The highest BCUT2D eigenvalue weighted by Crippen LogP contribution is 2.46. The second kappa shape index (κ2) is 6.97. The number of rotatable bonds is 4. The molecule has 3 saturated carbocycles. The molecule has 3 aromatic heterocycles. The Bertz CT molecular complexity index is 1190. The number of aryl methyl sites for hydroxylation is 1. The van der Waals surface area contributed by atoms with Crippen molar-refractivity contribution in [1.82, 2.24) is 14.5 Å². The molecule has 0 saturated heterocycles. The second-order valence-electron chi connectivity index (χ2n) is 8.52. The summed E-state index contributed by atoms with van der Waals surface area (Å²) in [5.41, 5.74) is 2.18. The van der Waals surface area contributed by atoms with Crippen molar-refractivity contribution in [2.24, 2.45) is 24.8 Å². The quantitative estimate of drug-likeness (QED) is 0.612. The van der Waals surface area contributed by atoms with Crippen LogP contribution >= 0.6 is 0 Å². The van der Waals surface area contributed by atoms with Crippen molar-refractivity contribution >= 4 is 22.7 Å². The van der Waals surface area contributed by atoms with Gasteiger partial charge in [0.15, 0.2) is 0 Å². The van der Waals surface area contributed by atoms with E-state index in [9.17, 15) is 19.1 Å². The standard InChI is InChI=1S/C22H23FN4O3/c1-27-10-13(16-9-25-20-15(16)7-14(23)8-24-20)6-17(21(27)28)26-19-12-4-2-11(3-5-12)18(19)22(29)30/h6-12,18-19,26H,2-5H2,1H3,(H,24,25)(H,29,30)/t11-,12+,18-,19?/m0/s1. The van der Waals surface area contributed by atoms with E-state index in [-0.39, 0.29) is 23.4 Å². The molecule has 0 aromatic carbocycles. The first-order valence-electron chi connectivity index (χ1n) is 10.3. The number of fused-ring (bicyclic) bond motifs is 4. The van der Waals surface area contributed by atoms with Crippen LogP contribution in [-0.4, -0.2) is 31.7 Å². The SMILES string of the molecule is Cn1cc(-c2c[nH]c3ncc(F)cc23)cc(NC2[C@H]3CC[C@H](CC3)[C@@H]2C(=O)O)c1=O. The van der Waals surface area contributed by atoms with Crippen molar-refractivity contribution in [3.05, 3.63) is 46.9 Å². The zero-order valence-corrected chi connectivity index (χ0v) is 16.6. The Morgan fingerprint density at radius 2 is 2.00 bits per heavy atom. The number of carbonyl (C=O) groups is 1. The molecule has 3 N–H and O–H groups in total. The fraction of sp³-hybridized carbons (Fsp3) is 0.409. The van der Waals surface area contributed by atoms with E-state index in [1.165, 1.54) is 10.6 Å². The maximum atomic E-state index is 13.7. The lowest BCUT2D eigenvalue weighted by Gasteiger charge is -2.47. The summed E-state index contributed by atoms with van der Waals surface area (Å²) in [7, 11) is 1.66. The van der Waals surface area contributed by atoms with Gasteiger partial charge in [-0.25, -0.2) is 9.37 Å². The van der Waals surface area contributed by atoms with E-state index in [4.69, 9.17) is 0 Å². The summed E-state index contributed by atoms with van der Waals surface area (Å²) in [5, 5.41) is 13.7. The van der Waals surface area contributed by atoms with Crippen molar-refractivity contribution in [2.45, 2.75) is 31.7 Å². The number of nitrogens with zero attached hydrogens (tertiary/aromatic N) is 2. The highest BCUT2D eigenvalue weighted by atomic mass is 19.1. The molecule has 30 heavy (non-hydrogen) atoms. The van der Waals surface area contributed by atoms with E-state index < -0.39 is 17.7 Å². The van der Waals surface area contributed by atoms with Crippen molar-refractivity contribution in [3.8, 4) is 11.1 Å². The first kappa shape index (κ1) is 18.8. The van der Waals surface area contributed by atoms with Crippen LogP contribution in [0.1, 0.15) is 25.7 Å². The lowest BCUT2D eigenvalue weighted by molar-refractivity contribution is -0.148. The molecule has 0 radical (unpaired) electrons. The molecule has 2 atom stereocenters. The van der Waals surface area contributed by atoms with Gasteiger partial charge in [-0.05, 0) is 49.7 Å². The number of aliphatic carboxylic acids is 1. The number of hydrogen-bond donors (Lipinski definition) is 3. The number of pyridine rings is 2. The van der Waals surface area contributed by atoms with Gasteiger partial charge in [-0.1, -0.05) is 0 Å². The number of hydrogen-bond acceptors (Lipinski definition) is 4. The van der Waals surface area contributed by atoms with E-state index in [1.807, 2.05) is 0 Å². The zero-order valence-electron chi connectivity index (χ0n) is 16.6. The van der Waals surface area contributed by atoms with Crippen LogP contribution in [0.15, 0.2) is 35.5 Å². The number of nitrogens with one attached hydrogen (secondary N) is 2. The lowest BCUT2D eigenvalue weighted by atomic mass is 9.61. The van der Waals surface area contributed by atoms with Crippen molar-refractivity contribution in [2.75, 3.05) is 5.32 Å². The Hall–Kier alpha value is -3.16. The fourth-order valence-corrected chi connectivity index (χ4v) is 5.37. The van der Waals surface area contributed by atoms with Crippen LogP contribution < -0.4 is 10.9 Å². The monoisotopic (exact) mass is 410 g/mol. The van der Waals surface area contributed by atoms with Crippen LogP contribution in [-0.2, 0) is 11.8 Å². The van der Waals surface area contributed by atoms with Gasteiger partial charge < -0.3 is 20.0 Å². The summed E-state index contributed by atoms with van der Waals surface area (Å²) in [6.07, 6.45) is 8.43. The molecule has 7 nitrogen and oxygen atoms in total. The summed E-state index contributed by atoms with van der Waals surface area (Å²) < 4.78 is 15.2. The van der Waals surface area contributed by atoms with Crippen molar-refractivity contribution in [1.29, 1.82) is 0 Å². The molecule has 3 fully saturated rings. The maximum absolute atomic E-state index is 13.7. The molecule has 156 valence electrons. The van der Waals surface area contributed by atoms with Gasteiger partial charge in [-0.15, -0.1) is 0 Å². The molecular weight excluding hydrogens is 387 g/mol. The summed E-state index contributed by atoms with van der Waals surface area (Å²) in [6.45, 7) is 0. The van der Waals surface area contributed by atoms with Crippen LogP contribution in [0.25, 0.3) is 22.2 Å². The molecule has 3 aliphatic carbocycles. The van der Waals surface area contributed by atoms with E-state index in [0.29, 0.717) is 16.7 Å². The highest BCUT2D eigenvalue weighted by molar-refractivity contribution is 5.93. The van der Waals surface area contributed by atoms with Crippen molar-refractivity contribution < 1.29 is 14.3 Å². The predicted octanol–water partition coefficient (Wildman–Crippen LogP) is 3.37. The fourth-order valence-electron chi connectivity index (χ4n) is 5.37. The van der Waals surface area contributed by atoms with Crippen LogP contribution in [0.5, 0.6) is 0 Å². The van der Waals surface area contributed by atoms with Crippen LogP contribution in [0.3, 0.4) is 0 Å². The van der Waals surface area contributed by atoms with Gasteiger partial charge in [-0.2, -0.15) is 0 Å². The van der Waals surface area contributed by atoms with E-state index in [0.717, 1.165) is 43.0 Å². The van der Waals surface area contributed by atoms with Gasteiger partial charge in [0.1, 0.15) is 17.2 Å². The number of H-pyrrole nitrogens is 1. The molecule has 6 rings (SSSR count). The van der Waals surface area contributed by atoms with Gasteiger partial charge in [0.25, 0.3) is 5.56 Å². The Labute approximate surface area is 171 Å². The number of carboxylic acids is 1. The number of halogens is 1. The van der Waals surface area contributed by atoms with E-state index in [1.54, 1.807) is 25.5 Å². The molecular formula is C22H23FN4O3. The minimum Gasteiger partial charge on any atom is -0.481 e. The third-order valence-corrected chi connectivity index (χ3v) is 6.82. The highest BCUT2D eigenvalue weighted by Gasteiger charge is 2.47. The van der Waals surface area contributed by atoms with Crippen LogP contribution in [0.4, 0.5) is 10.1 Å². The van der Waals surface area contributed by atoms with E-state index >= 15 is 0 Å². The first-order chi connectivity index (χ1) is 14.4. The molecule has 3 aliphatic rings. The molecule has 3 heterocycles. The van der Waals surface area contributed by atoms with Gasteiger partial charge in [0.05, 0.1) is 12.1 Å². The van der Waals surface area contributed by atoms with Crippen molar-refractivity contribution in [3.63, 3.8) is 0 Å². The minimum atomic E-state index is -0.798. The average Bonchev–Trinajstić information content (AvgIpc) is 3.14. The normalized spacial score (nSPS) is 25.5. The number of carboxylic acid groups (broad SMARTS) is 1. The molecule has 0 spiro atoms. The van der Waals surface area contributed by atoms with Gasteiger partial charge >= 0.3 is 5.97 Å². The molecule has 0 aliphatic heterocycles. The first-order valence-corrected chi connectivity index (χ1v) is 10.3. The largest absolute Gasteiger partial charge is 0.481 e. The number of anilines is 1. The zero-order chi connectivity index (χ0) is 21.0. The van der Waals surface area contributed by atoms with Gasteiger partial charge in [0.2, 0.25) is 0 Å². The smallest absolute Gasteiger partial charge is 0.308 e. The number of aromatic amines is 1. The maximum Gasteiger partial charge on any atom is 0.308 e. The van der Waals surface area contributed by atoms with Gasteiger partial charge in [-0.3, -0.25) is 9.59 Å². The lowest BCUT2D eigenvalue weighted by Crippen LogP contribution is -2.52. The van der Waals surface area contributed by atoms with Gasteiger partial charge in [0, 0.05) is 42.0 Å². The molecule has 3 aromatic rings. The molecule has 2 bridgehead atoms. The summed E-state index contributed by atoms with van der Waals surface area (Å²) in [6, 6.07) is 2.88. The Morgan fingerprint density at radius 1 is 1.27 bits per heavy atom. The molecule has 8 heteroatoms. The predicted molar refractivity (Wildman–Crippen MR) is 111 cm³/mol. The third kappa shape index (κ3) is 2.98. The Kier molecular flexibility index (Phi) is 4.38.